The molecule has 1 heterocycles. The second-order valence-electron chi connectivity index (χ2n) is 3.29. The summed E-state index contributed by atoms with van der Waals surface area (Å²) in [5, 5.41) is 8.93. The van der Waals surface area contributed by atoms with Crippen molar-refractivity contribution < 1.29 is 23.4 Å². The summed E-state index contributed by atoms with van der Waals surface area (Å²) in [6.07, 6.45) is -3.85. The van der Waals surface area contributed by atoms with Gasteiger partial charge in [0, 0.05) is 6.42 Å². The first kappa shape index (κ1) is 10.8. The molecule has 0 amide bonds. The minimum atomic E-state index is -2.74. The van der Waals surface area contributed by atoms with Gasteiger partial charge in [-0.15, -0.1) is 0 Å². The topological polar surface area (TPSA) is 38.7 Å². The number of halogens is 2. The highest BCUT2D eigenvalue weighted by atomic mass is 19.3. The molecule has 78 valence electrons. The minimum absolute atomic E-state index is 0.190. The molecular formula is C8H14F2O3. The van der Waals surface area contributed by atoms with E-state index in [0.29, 0.717) is 13.2 Å². The van der Waals surface area contributed by atoms with Crippen molar-refractivity contribution in [3.05, 3.63) is 0 Å². The van der Waals surface area contributed by atoms with Gasteiger partial charge in [0.05, 0.1) is 13.2 Å². The Hall–Kier alpha value is -0.260. The number of rotatable bonds is 3. The fraction of sp³-hybridized carbons (Fsp3) is 1.00. The monoisotopic (exact) mass is 196 g/mol. The van der Waals surface area contributed by atoms with Crippen LogP contribution in [-0.2, 0) is 9.47 Å². The summed E-state index contributed by atoms with van der Waals surface area (Å²) < 4.78 is 34.3. The minimum Gasteiger partial charge on any atom is -0.387 e. The highest BCUT2D eigenvalue weighted by molar-refractivity contribution is 4.73. The first-order chi connectivity index (χ1) is 6.03. The van der Waals surface area contributed by atoms with Crippen molar-refractivity contribution in [2.45, 2.75) is 38.1 Å². The zero-order valence-electron chi connectivity index (χ0n) is 7.50. The summed E-state index contributed by atoms with van der Waals surface area (Å²) in [4.78, 5) is 0. The quantitative estimate of drug-likeness (QED) is 0.736. The van der Waals surface area contributed by atoms with Crippen LogP contribution in [0.25, 0.3) is 0 Å². The highest BCUT2D eigenvalue weighted by Crippen LogP contribution is 2.25. The highest BCUT2D eigenvalue weighted by Gasteiger charge is 2.34. The molecule has 0 aromatic rings. The van der Waals surface area contributed by atoms with Crippen molar-refractivity contribution >= 4 is 0 Å². The van der Waals surface area contributed by atoms with Crippen molar-refractivity contribution in [3.63, 3.8) is 0 Å². The molecule has 1 aliphatic heterocycles. The Balaban J connectivity index is 2.40. The van der Waals surface area contributed by atoms with Gasteiger partial charge in [0.1, 0.15) is 6.10 Å². The molecule has 1 fully saturated rings. The molecule has 0 bridgehead atoms. The Morgan fingerprint density at radius 2 is 1.92 bits per heavy atom. The molecule has 0 aromatic carbocycles. The maximum Gasteiger partial charge on any atom is 0.264 e. The van der Waals surface area contributed by atoms with Crippen LogP contribution in [0.1, 0.15) is 19.8 Å². The zero-order chi connectivity index (χ0) is 9.90. The molecule has 0 radical (unpaired) electrons. The predicted octanol–water partition coefficient (Wildman–Crippen LogP) is 1.16. The molecule has 13 heavy (non-hydrogen) atoms. The lowest BCUT2D eigenvalue weighted by Gasteiger charge is -2.35. The lowest BCUT2D eigenvalue weighted by atomic mass is 10.1. The smallest absolute Gasteiger partial charge is 0.264 e. The summed E-state index contributed by atoms with van der Waals surface area (Å²) in [5.74, 6) is -1.05. The van der Waals surface area contributed by atoms with Crippen molar-refractivity contribution in [1.82, 2.24) is 0 Å². The molecule has 1 unspecified atom stereocenters. The van der Waals surface area contributed by atoms with Crippen LogP contribution in [0.5, 0.6) is 0 Å². The molecule has 0 aromatic heterocycles. The van der Waals surface area contributed by atoms with Gasteiger partial charge in [-0.2, -0.15) is 0 Å². The number of aliphatic hydroxyl groups excluding tert-OH is 1. The van der Waals surface area contributed by atoms with Crippen molar-refractivity contribution in [2.24, 2.45) is 0 Å². The first-order valence-corrected chi connectivity index (χ1v) is 4.28. The van der Waals surface area contributed by atoms with Gasteiger partial charge in [0.25, 0.3) is 6.43 Å². The second kappa shape index (κ2) is 4.30. The molecule has 1 rings (SSSR count). The van der Waals surface area contributed by atoms with Crippen LogP contribution in [0.15, 0.2) is 0 Å². The first-order valence-electron chi connectivity index (χ1n) is 4.28. The van der Waals surface area contributed by atoms with Crippen LogP contribution in [0, 0.1) is 0 Å². The largest absolute Gasteiger partial charge is 0.387 e. The van der Waals surface area contributed by atoms with E-state index in [-0.39, 0.29) is 6.42 Å². The van der Waals surface area contributed by atoms with E-state index >= 15 is 0 Å². The summed E-state index contributed by atoms with van der Waals surface area (Å²) in [6, 6.07) is 0. The standard InChI is InChI=1S/C8H14F2O3/c1-8(5-6(11)7(9)10)12-3-2-4-13-8/h6-7,11H,2-5H2,1H3. The van der Waals surface area contributed by atoms with E-state index in [0.717, 1.165) is 6.42 Å². The Labute approximate surface area is 75.6 Å². The van der Waals surface area contributed by atoms with Crippen LogP contribution in [0.2, 0.25) is 0 Å². The number of aliphatic hydroxyl groups is 1. The number of alkyl halides is 2. The van der Waals surface area contributed by atoms with E-state index < -0.39 is 18.3 Å². The van der Waals surface area contributed by atoms with Crippen LogP contribution in [0.4, 0.5) is 8.78 Å². The van der Waals surface area contributed by atoms with Gasteiger partial charge in [-0.25, -0.2) is 8.78 Å². The number of hydrogen-bond acceptors (Lipinski definition) is 3. The number of hydrogen-bond donors (Lipinski definition) is 1. The Kier molecular flexibility index (Phi) is 3.58. The summed E-state index contributed by atoms with van der Waals surface area (Å²) >= 11 is 0. The third kappa shape index (κ3) is 3.17. The van der Waals surface area contributed by atoms with Crippen molar-refractivity contribution in [1.29, 1.82) is 0 Å². The predicted molar refractivity (Wildman–Crippen MR) is 41.6 cm³/mol. The average Bonchev–Trinajstić information content (AvgIpc) is 2.04. The van der Waals surface area contributed by atoms with E-state index in [2.05, 4.69) is 0 Å². The van der Waals surface area contributed by atoms with E-state index in [1.54, 1.807) is 6.92 Å². The lowest BCUT2D eigenvalue weighted by Crippen LogP contribution is -2.42. The fourth-order valence-electron chi connectivity index (χ4n) is 1.26. The maximum atomic E-state index is 12.0. The Morgan fingerprint density at radius 3 is 2.38 bits per heavy atom. The molecular weight excluding hydrogens is 182 g/mol. The summed E-state index contributed by atoms with van der Waals surface area (Å²) in [7, 11) is 0. The normalized spacial score (nSPS) is 24.7. The molecule has 3 nitrogen and oxygen atoms in total. The van der Waals surface area contributed by atoms with Crippen LogP contribution in [0.3, 0.4) is 0 Å². The van der Waals surface area contributed by atoms with Gasteiger partial charge in [0.15, 0.2) is 5.79 Å². The van der Waals surface area contributed by atoms with Gasteiger partial charge >= 0.3 is 0 Å². The third-order valence-electron chi connectivity index (χ3n) is 1.97. The molecule has 1 aliphatic rings. The van der Waals surface area contributed by atoms with E-state index in [1.807, 2.05) is 0 Å². The van der Waals surface area contributed by atoms with Crippen molar-refractivity contribution in [2.75, 3.05) is 13.2 Å². The van der Waals surface area contributed by atoms with E-state index in [9.17, 15) is 8.78 Å². The second-order valence-corrected chi connectivity index (χ2v) is 3.29. The zero-order valence-corrected chi connectivity index (χ0v) is 7.50. The van der Waals surface area contributed by atoms with Gasteiger partial charge in [-0.05, 0) is 13.3 Å². The van der Waals surface area contributed by atoms with Gasteiger partial charge in [-0.1, -0.05) is 0 Å². The van der Waals surface area contributed by atoms with Gasteiger partial charge < -0.3 is 14.6 Å². The van der Waals surface area contributed by atoms with Gasteiger partial charge in [-0.3, -0.25) is 0 Å². The molecule has 0 aliphatic carbocycles. The maximum absolute atomic E-state index is 12.0. The SMILES string of the molecule is CC1(CC(O)C(F)F)OCCCO1. The molecule has 5 heteroatoms. The van der Waals surface area contributed by atoms with E-state index in [4.69, 9.17) is 14.6 Å². The summed E-state index contributed by atoms with van der Waals surface area (Å²) in [5.41, 5.74) is 0. The van der Waals surface area contributed by atoms with Crippen LogP contribution < -0.4 is 0 Å². The summed E-state index contributed by atoms with van der Waals surface area (Å²) in [6.45, 7) is 2.55. The van der Waals surface area contributed by atoms with Crippen LogP contribution >= 0.6 is 0 Å². The van der Waals surface area contributed by atoms with Gasteiger partial charge in [0.2, 0.25) is 0 Å². The fourth-order valence-corrected chi connectivity index (χ4v) is 1.26. The lowest BCUT2D eigenvalue weighted by molar-refractivity contribution is -0.271. The average molecular weight is 196 g/mol. The van der Waals surface area contributed by atoms with Crippen molar-refractivity contribution in [3.8, 4) is 0 Å². The third-order valence-corrected chi connectivity index (χ3v) is 1.97. The Bertz CT molecular complexity index is 157. The van der Waals surface area contributed by atoms with Crippen LogP contribution in [-0.4, -0.2) is 36.6 Å². The molecule has 0 spiro atoms. The molecule has 1 atom stereocenters. The number of ether oxygens (including phenoxy) is 2. The molecule has 1 N–H and O–H groups in total. The van der Waals surface area contributed by atoms with E-state index in [1.165, 1.54) is 0 Å². The Morgan fingerprint density at radius 1 is 1.38 bits per heavy atom. The molecule has 1 saturated heterocycles. The molecule has 0 saturated carbocycles.